The zero-order valence-corrected chi connectivity index (χ0v) is 18.2. The SMILES string of the molecule is O=C(Nc1ccc2oc(-c3cc(Br)ccc3Cl)nc2c1)c1cccc(I)c1. The minimum Gasteiger partial charge on any atom is -0.436 e. The summed E-state index contributed by atoms with van der Waals surface area (Å²) in [5, 5.41) is 3.44. The lowest BCUT2D eigenvalue weighted by molar-refractivity contribution is 0.102. The summed E-state index contributed by atoms with van der Waals surface area (Å²) in [7, 11) is 0. The van der Waals surface area contributed by atoms with Gasteiger partial charge in [-0.1, -0.05) is 33.6 Å². The van der Waals surface area contributed by atoms with E-state index in [1.807, 2.05) is 30.3 Å². The van der Waals surface area contributed by atoms with Gasteiger partial charge in [0.05, 0.1) is 10.6 Å². The molecule has 134 valence electrons. The highest BCUT2D eigenvalue weighted by Crippen LogP contribution is 2.33. The smallest absolute Gasteiger partial charge is 0.255 e. The Bertz CT molecular complexity index is 1180. The van der Waals surface area contributed by atoms with Crippen molar-refractivity contribution in [3.05, 3.63) is 79.3 Å². The molecule has 0 unspecified atom stereocenters. The summed E-state index contributed by atoms with van der Waals surface area (Å²) < 4.78 is 7.71. The van der Waals surface area contributed by atoms with Gasteiger partial charge in [-0.15, -0.1) is 0 Å². The Labute approximate surface area is 182 Å². The first-order valence-electron chi connectivity index (χ1n) is 7.92. The molecule has 7 heteroatoms. The van der Waals surface area contributed by atoms with Gasteiger partial charge < -0.3 is 9.73 Å². The Balaban J connectivity index is 1.65. The van der Waals surface area contributed by atoms with Crippen LogP contribution in [0.4, 0.5) is 5.69 Å². The highest BCUT2D eigenvalue weighted by atomic mass is 127. The Morgan fingerprint density at radius 3 is 2.78 bits per heavy atom. The van der Waals surface area contributed by atoms with Crippen molar-refractivity contribution < 1.29 is 9.21 Å². The fourth-order valence-corrected chi connectivity index (χ4v) is 3.72. The Hall–Kier alpha value is -1.90. The van der Waals surface area contributed by atoms with E-state index in [1.165, 1.54) is 0 Å². The van der Waals surface area contributed by atoms with Crippen LogP contribution in [0.25, 0.3) is 22.6 Å². The Morgan fingerprint density at radius 1 is 1.11 bits per heavy atom. The molecule has 3 aromatic carbocycles. The minimum absolute atomic E-state index is 0.174. The molecule has 0 radical (unpaired) electrons. The van der Waals surface area contributed by atoms with E-state index in [0.29, 0.717) is 38.8 Å². The molecule has 0 spiro atoms. The van der Waals surface area contributed by atoms with Crippen molar-refractivity contribution in [2.24, 2.45) is 0 Å². The van der Waals surface area contributed by atoms with Crippen molar-refractivity contribution in [1.29, 1.82) is 0 Å². The number of carbonyl (C=O) groups excluding carboxylic acids is 1. The van der Waals surface area contributed by atoms with E-state index in [9.17, 15) is 4.79 Å². The summed E-state index contributed by atoms with van der Waals surface area (Å²) in [5.74, 6) is 0.254. The lowest BCUT2D eigenvalue weighted by Gasteiger charge is -2.05. The highest BCUT2D eigenvalue weighted by Gasteiger charge is 2.13. The zero-order chi connectivity index (χ0) is 19.0. The van der Waals surface area contributed by atoms with Crippen molar-refractivity contribution in [3.8, 4) is 11.5 Å². The molecule has 0 saturated carbocycles. The van der Waals surface area contributed by atoms with Crippen molar-refractivity contribution in [1.82, 2.24) is 4.98 Å². The van der Waals surface area contributed by atoms with Crippen molar-refractivity contribution >= 4 is 72.8 Å². The lowest BCUT2D eigenvalue weighted by Crippen LogP contribution is -2.11. The third-order valence-corrected chi connectivity index (χ3v) is 5.38. The van der Waals surface area contributed by atoms with Gasteiger partial charge in [-0.05, 0) is 77.2 Å². The normalized spacial score (nSPS) is 10.9. The van der Waals surface area contributed by atoms with Crippen molar-refractivity contribution in [2.75, 3.05) is 5.32 Å². The molecule has 4 rings (SSSR count). The molecule has 1 amide bonds. The highest BCUT2D eigenvalue weighted by molar-refractivity contribution is 14.1. The van der Waals surface area contributed by atoms with Crippen LogP contribution in [0.1, 0.15) is 10.4 Å². The molecule has 1 N–H and O–H groups in total. The number of aromatic nitrogens is 1. The summed E-state index contributed by atoms with van der Waals surface area (Å²) in [4.78, 5) is 16.9. The average molecular weight is 554 g/mol. The maximum Gasteiger partial charge on any atom is 0.255 e. The van der Waals surface area contributed by atoms with Crippen LogP contribution in [-0.2, 0) is 0 Å². The van der Waals surface area contributed by atoms with Crippen LogP contribution < -0.4 is 5.32 Å². The third-order valence-electron chi connectivity index (χ3n) is 3.89. The number of nitrogens with one attached hydrogen (secondary N) is 1. The number of halogens is 3. The van der Waals surface area contributed by atoms with Crippen LogP contribution in [0.2, 0.25) is 5.02 Å². The van der Waals surface area contributed by atoms with Gasteiger partial charge in [-0.2, -0.15) is 0 Å². The molecule has 1 aromatic heterocycles. The van der Waals surface area contributed by atoms with Crippen LogP contribution in [-0.4, -0.2) is 10.9 Å². The van der Waals surface area contributed by atoms with Crippen LogP contribution in [0.3, 0.4) is 0 Å². The van der Waals surface area contributed by atoms with Crippen LogP contribution in [0, 0.1) is 3.57 Å². The van der Waals surface area contributed by atoms with E-state index >= 15 is 0 Å². The number of hydrogen-bond donors (Lipinski definition) is 1. The topological polar surface area (TPSA) is 55.1 Å². The molecule has 0 atom stereocenters. The molecule has 0 fully saturated rings. The fraction of sp³-hybridized carbons (Fsp3) is 0. The molecule has 27 heavy (non-hydrogen) atoms. The maximum absolute atomic E-state index is 12.4. The summed E-state index contributed by atoms with van der Waals surface area (Å²) in [6, 6.07) is 18.2. The van der Waals surface area contributed by atoms with Crippen LogP contribution in [0.5, 0.6) is 0 Å². The van der Waals surface area contributed by atoms with Gasteiger partial charge in [0.1, 0.15) is 5.52 Å². The van der Waals surface area contributed by atoms with Crippen molar-refractivity contribution in [3.63, 3.8) is 0 Å². The van der Waals surface area contributed by atoms with Gasteiger partial charge in [-0.3, -0.25) is 4.79 Å². The molecule has 0 aliphatic carbocycles. The monoisotopic (exact) mass is 552 g/mol. The average Bonchev–Trinajstić information content (AvgIpc) is 3.07. The number of hydrogen-bond acceptors (Lipinski definition) is 3. The van der Waals surface area contributed by atoms with Gasteiger partial charge in [0.25, 0.3) is 5.91 Å². The molecular weight excluding hydrogens is 542 g/mol. The first-order chi connectivity index (χ1) is 13.0. The number of amides is 1. The van der Waals surface area contributed by atoms with Gasteiger partial charge in [0, 0.05) is 19.3 Å². The second-order valence-electron chi connectivity index (χ2n) is 5.79. The van der Waals surface area contributed by atoms with Crippen LogP contribution >= 0.6 is 50.1 Å². The number of nitrogens with zero attached hydrogens (tertiary/aromatic N) is 1. The van der Waals surface area contributed by atoms with E-state index in [-0.39, 0.29) is 5.91 Å². The first-order valence-corrected chi connectivity index (χ1v) is 10.2. The minimum atomic E-state index is -0.174. The van der Waals surface area contributed by atoms with Crippen LogP contribution in [0.15, 0.2) is 69.6 Å². The number of benzene rings is 3. The van der Waals surface area contributed by atoms with Gasteiger partial charge >= 0.3 is 0 Å². The predicted molar refractivity (Wildman–Crippen MR) is 119 cm³/mol. The third kappa shape index (κ3) is 4.02. The van der Waals surface area contributed by atoms with E-state index in [1.54, 1.807) is 30.3 Å². The number of rotatable bonds is 3. The maximum atomic E-state index is 12.4. The van der Waals surface area contributed by atoms with E-state index in [4.69, 9.17) is 16.0 Å². The molecule has 1 heterocycles. The van der Waals surface area contributed by atoms with E-state index in [2.05, 4.69) is 48.8 Å². The predicted octanol–water partition coefficient (Wildman–Crippen LogP) is 6.77. The van der Waals surface area contributed by atoms with E-state index in [0.717, 1.165) is 8.04 Å². The molecule has 0 saturated heterocycles. The number of fused-ring (bicyclic) bond motifs is 1. The molecule has 4 nitrogen and oxygen atoms in total. The standard InChI is InChI=1S/C20H11BrClIN2O2/c21-12-4-6-16(22)15(9-12)20-25-17-10-14(5-7-18(17)27-20)24-19(26)11-2-1-3-13(23)8-11/h1-10H,(H,24,26). The van der Waals surface area contributed by atoms with Gasteiger partial charge in [-0.25, -0.2) is 4.98 Å². The summed E-state index contributed by atoms with van der Waals surface area (Å²) in [5.41, 5.74) is 3.21. The second-order valence-corrected chi connectivity index (χ2v) is 8.36. The van der Waals surface area contributed by atoms with E-state index < -0.39 is 0 Å². The number of carbonyl (C=O) groups is 1. The summed E-state index contributed by atoms with van der Waals surface area (Å²) >= 11 is 11.9. The van der Waals surface area contributed by atoms with Gasteiger partial charge in [0.15, 0.2) is 5.58 Å². The fourth-order valence-electron chi connectivity index (χ4n) is 2.61. The number of oxazole rings is 1. The first kappa shape index (κ1) is 18.5. The second kappa shape index (κ2) is 7.61. The van der Waals surface area contributed by atoms with Gasteiger partial charge in [0.2, 0.25) is 5.89 Å². The zero-order valence-electron chi connectivity index (χ0n) is 13.7. The summed E-state index contributed by atoms with van der Waals surface area (Å²) in [6.45, 7) is 0. The molecular formula is C20H11BrClIN2O2. The summed E-state index contributed by atoms with van der Waals surface area (Å²) in [6.07, 6.45) is 0. The molecule has 4 aromatic rings. The Morgan fingerprint density at radius 2 is 1.96 bits per heavy atom. The molecule has 0 aliphatic heterocycles. The molecule has 0 aliphatic rings. The lowest BCUT2D eigenvalue weighted by atomic mass is 10.2. The molecule has 0 bridgehead atoms. The Kier molecular flexibility index (Phi) is 5.21. The largest absolute Gasteiger partial charge is 0.436 e. The number of anilines is 1. The van der Waals surface area contributed by atoms with Crippen molar-refractivity contribution in [2.45, 2.75) is 0 Å². The quantitative estimate of drug-likeness (QED) is 0.285.